The molecule has 37 heavy (non-hydrogen) atoms. The second kappa shape index (κ2) is 9.98. The van der Waals surface area contributed by atoms with Gasteiger partial charge >= 0.3 is 6.09 Å². The number of ketones is 1. The lowest BCUT2D eigenvalue weighted by Gasteiger charge is -2.47. The van der Waals surface area contributed by atoms with Crippen LogP contribution in [0.2, 0.25) is 0 Å². The van der Waals surface area contributed by atoms with Crippen LogP contribution < -0.4 is 4.74 Å². The Hall–Kier alpha value is -3.71. The van der Waals surface area contributed by atoms with Gasteiger partial charge in [-0.25, -0.2) is 9.78 Å². The summed E-state index contributed by atoms with van der Waals surface area (Å²) >= 11 is 0. The Bertz CT molecular complexity index is 1250. The Morgan fingerprint density at radius 2 is 1.59 bits per heavy atom. The van der Waals surface area contributed by atoms with Crippen LogP contribution in [0.15, 0.2) is 66.9 Å². The van der Waals surface area contributed by atoms with E-state index in [1.165, 1.54) is 22.3 Å². The third-order valence-electron chi connectivity index (χ3n) is 7.75. The highest BCUT2D eigenvalue weighted by Gasteiger charge is 2.45. The topological polar surface area (TPSA) is 78.0 Å². The Balaban J connectivity index is 1.14. The fourth-order valence-corrected chi connectivity index (χ4v) is 6.09. The summed E-state index contributed by atoms with van der Waals surface area (Å²) in [6, 6.07) is 19.7. The van der Waals surface area contributed by atoms with E-state index in [-0.39, 0.29) is 42.4 Å². The summed E-state index contributed by atoms with van der Waals surface area (Å²) in [5.74, 6) is 0.393. The van der Waals surface area contributed by atoms with Crippen molar-refractivity contribution in [1.29, 1.82) is 0 Å². The predicted molar refractivity (Wildman–Crippen MR) is 138 cm³/mol. The number of ether oxygens (including phenoxy) is 3. The summed E-state index contributed by atoms with van der Waals surface area (Å²) in [6.07, 6.45) is 2.35. The molecule has 2 aromatic carbocycles. The third-order valence-corrected chi connectivity index (χ3v) is 7.75. The second-order valence-corrected chi connectivity index (χ2v) is 9.91. The summed E-state index contributed by atoms with van der Waals surface area (Å²) in [6.45, 7) is 3.52. The van der Waals surface area contributed by atoms with E-state index >= 15 is 0 Å². The summed E-state index contributed by atoms with van der Waals surface area (Å²) in [7, 11) is 0. The van der Waals surface area contributed by atoms with Crippen LogP contribution >= 0.6 is 0 Å². The fraction of sp³-hybridized carbons (Fsp3) is 0.367. The molecule has 1 aliphatic carbocycles. The Kier molecular flexibility index (Phi) is 6.38. The molecule has 3 aromatic rings. The molecular weight excluding hydrogens is 468 g/mol. The lowest BCUT2D eigenvalue weighted by Crippen LogP contribution is -2.60. The van der Waals surface area contributed by atoms with Gasteiger partial charge in [0.15, 0.2) is 5.78 Å². The van der Waals surface area contributed by atoms with Crippen molar-refractivity contribution >= 4 is 11.9 Å². The predicted octanol–water partition coefficient (Wildman–Crippen LogP) is 5.09. The van der Waals surface area contributed by atoms with Crippen molar-refractivity contribution in [2.24, 2.45) is 5.92 Å². The fourth-order valence-electron chi connectivity index (χ4n) is 6.09. The number of rotatable bonds is 6. The van der Waals surface area contributed by atoms with E-state index in [4.69, 9.17) is 14.2 Å². The minimum absolute atomic E-state index is 0.0127. The molecule has 190 valence electrons. The standard InChI is InChI=1S/C30H30N2O5/c1-2-36-28-12-11-19(15-31-28)29(33)20-13-21-16-35-17-22(14-20)32(21)30(34)37-18-27-25-9-5-3-7-23(25)24-8-4-6-10-26(24)27/h3-12,15,20-22,27H,2,13-14,16-18H2,1H3. The zero-order valence-electron chi connectivity index (χ0n) is 20.8. The third kappa shape index (κ3) is 4.37. The number of amides is 1. The SMILES string of the molecule is CCOc1ccc(C(=O)C2CC3COCC(C2)N3C(=O)OCC2c3ccccc3-c3ccccc32)cn1. The number of nitrogens with zero attached hydrogens (tertiary/aromatic N) is 2. The number of piperidine rings is 1. The molecule has 2 unspecified atom stereocenters. The molecule has 3 heterocycles. The summed E-state index contributed by atoms with van der Waals surface area (Å²) < 4.78 is 17.1. The average Bonchev–Trinajstić information content (AvgIpc) is 3.25. The van der Waals surface area contributed by atoms with Gasteiger partial charge in [0.1, 0.15) is 6.61 Å². The second-order valence-electron chi connectivity index (χ2n) is 9.91. The minimum Gasteiger partial charge on any atom is -0.478 e. The van der Waals surface area contributed by atoms with Crippen LogP contribution in [0.3, 0.4) is 0 Å². The summed E-state index contributed by atoms with van der Waals surface area (Å²) in [5, 5.41) is 0. The van der Waals surface area contributed by atoms with Crippen LogP contribution in [0.4, 0.5) is 4.79 Å². The van der Waals surface area contributed by atoms with Crippen LogP contribution in [-0.2, 0) is 9.47 Å². The maximum atomic E-state index is 13.4. The molecule has 0 radical (unpaired) electrons. The highest BCUT2D eigenvalue weighted by molar-refractivity contribution is 5.97. The zero-order valence-corrected chi connectivity index (χ0v) is 20.8. The van der Waals surface area contributed by atoms with Crippen molar-refractivity contribution in [2.75, 3.05) is 26.4 Å². The number of benzene rings is 2. The number of carbonyl (C=O) groups excluding carboxylic acids is 2. The van der Waals surface area contributed by atoms with Gasteiger partial charge < -0.3 is 14.2 Å². The Morgan fingerprint density at radius 3 is 2.19 bits per heavy atom. The molecule has 6 rings (SSSR count). The smallest absolute Gasteiger partial charge is 0.410 e. The number of pyridine rings is 1. The van der Waals surface area contributed by atoms with Gasteiger partial charge in [-0.2, -0.15) is 0 Å². The van der Waals surface area contributed by atoms with Gasteiger partial charge in [0.2, 0.25) is 5.88 Å². The van der Waals surface area contributed by atoms with Crippen LogP contribution in [0, 0.1) is 5.92 Å². The number of carbonyl (C=O) groups is 2. The molecule has 0 saturated carbocycles. The van der Waals surface area contributed by atoms with E-state index in [1.807, 2.05) is 36.1 Å². The van der Waals surface area contributed by atoms with Crippen molar-refractivity contribution in [2.45, 2.75) is 37.8 Å². The number of fused-ring (bicyclic) bond motifs is 5. The average molecular weight is 499 g/mol. The van der Waals surface area contributed by atoms with Gasteiger partial charge in [-0.05, 0) is 48.1 Å². The number of aromatic nitrogens is 1. The van der Waals surface area contributed by atoms with Crippen molar-refractivity contribution in [3.05, 3.63) is 83.6 Å². The summed E-state index contributed by atoms with van der Waals surface area (Å²) in [5.41, 5.74) is 5.35. The van der Waals surface area contributed by atoms with Crippen molar-refractivity contribution in [3.63, 3.8) is 0 Å². The normalized spacial score (nSPS) is 22.2. The largest absolute Gasteiger partial charge is 0.478 e. The first-order valence-corrected chi connectivity index (χ1v) is 13.0. The number of hydrogen-bond acceptors (Lipinski definition) is 6. The van der Waals surface area contributed by atoms with E-state index in [2.05, 4.69) is 29.2 Å². The molecule has 2 fully saturated rings. The van der Waals surface area contributed by atoms with Crippen molar-refractivity contribution < 1.29 is 23.8 Å². The quantitative estimate of drug-likeness (QED) is 0.441. The lowest BCUT2D eigenvalue weighted by molar-refractivity contribution is -0.0747. The Morgan fingerprint density at radius 1 is 0.946 bits per heavy atom. The summed E-state index contributed by atoms with van der Waals surface area (Å²) in [4.78, 5) is 32.7. The maximum Gasteiger partial charge on any atom is 0.410 e. The van der Waals surface area contributed by atoms with E-state index in [1.54, 1.807) is 18.3 Å². The Labute approximate surface area is 216 Å². The van der Waals surface area contributed by atoms with E-state index in [9.17, 15) is 9.59 Å². The van der Waals surface area contributed by atoms with Crippen LogP contribution in [0.5, 0.6) is 5.88 Å². The molecule has 0 spiro atoms. The highest BCUT2D eigenvalue weighted by atomic mass is 16.6. The minimum atomic E-state index is -0.325. The van der Waals surface area contributed by atoms with Crippen LogP contribution in [0.1, 0.15) is 47.2 Å². The van der Waals surface area contributed by atoms with Gasteiger partial charge in [-0.3, -0.25) is 9.69 Å². The van der Waals surface area contributed by atoms with E-state index in [0.29, 0.717) is 44.1 Å². The van der Waals surface area contributed by atoms with Crippen molar-refractivity contribution in [3.8, 4) is 17.0 Å². The molecule has 2 bridgehead atoms. The molecule has 1 aromatic heterocycles. The first-order chi connectivity index (χ1) is 18.1. The molecule has 1 amide bonds. The van der Waals surface area contributed by atoms with Crippen molar-refractivity contribution in [1.82, 2.24) is 9.88 Å². The van der Waals surface area contributed by atoms with Gasteiger partial charge in [-0.15, -0.1) is 0 Å². The van der Waals surface area contributed by atoms with Gasteiger partial charge in [0.05, 0.1) is 31.9 Å². The molecule has 2 atom stereocenters. The zero-order chi connectivity index (χ0) is 25.4. The monoisotopic (exact) mass is 498 g/mol. The molecule has 2 saturated heterocycles. The molecule has 3 aliphatic rings. The molecule has 2 aliphatic heterocycles. The first kappa shape index (κ1) is 23.7. The van der Waals surface area contributed by atoms with Gasteiger partial charge in [0.25, 0.3) is 0 Å². The van der Waals surface area contributed by atoms with E-state index in [0.717, 1.165) is 0 Å². The molecule has 7 heteroatoms. The lowest BCUT2D eigenvalue weighted by atomic mass is 9.81. The number of morpholine rings is 1. The maximum absolute atomic E-state index is 13.4. The molecule has 7 nitrogen and oxygen atoms in total. The first-order valence-electron chi connectivity index (χ1n) is 13.0. The number of Topliss-reactive ketones (excluding diaryl/α,β-unsaturated/α-hetero) is 1. The van der Waals surface area contributed by atoms with Gasteiger partial charge in [-0.1, -0.05) is 48.5 Å². The van der Waals surface area contributed by atoms with Gasteiger partial charge in [0, 0.05) is 29.7 Å². The van der Waals surface area contributed by atoms with Crippen LogP contribution in [-0.4, -0.2) is 60.3 Å². The van der Waals surface area contributed by atoms with E-state index < -0.39 is 0 Å². The molecule has 0 N–H and O–H groups in total. The number of hydrogen-bond donors (Lipinski definition) is 0. The highest BCUT2D eigenvalue weighted by Crippen LogP contribution is 2.44. The van der Waals surface area contributed by atoms with Crippen LogP contribution in [0.25, 0.3) is 11.1 Å². The molecular formula is C30H30N2O5.